The summed E-state index contributed by atoms with van der Waals surface area (Å²) in [6, 6.07) is 18.7. The van der Waals surface area contributed by atoms with E-state index in [1.807, 2.05) is 6.07 Å². The molecule has 2 aromatic carbocycles. The van der Waals surface area contributed by atoms with Gasteiger partial charge in [0.1, 0.15) is 23.8 Å². The van der Waals surface area contributed by atoms with E-state index in [2.05, 4.69) is 72.9 Å². The van der Waals surface area contributed by atoms with Crippen LogP contribution in [0.25, 0.3) is 11.0 Å². The van der Waals surface area contributed by atoms with Gasteiger partial charge < -0.3 is 34.5 Å². The van der Waals surface area contributed by atoms with Crippen LogP contribution >= 0.6 is 0 Å². The maximum atomic E-state index is 14.1. The van der Waals surface area contributed by atoms with Gasteiger partial charge in [0.25, 0.3) is 15.9 Å². The Hall–Kier alpha value is -5.82. The molecule has 2 aliphatic carbocycles. The minimum Gasteiger partial charge on any atom is -0.474 e. The second-order valence-corrected chi connectivity index (χ2v) is 21.4. The van der Waals surface area contributed by atoms with Crippen molar-refractivity contribution in [3.8, 4) is 17.4 Å². The molecule has 0 radical (unpaired) electrons. The van der Waals surface area contributed by atoms with Crippen LogP contribution in [0.5, 0.6) is 17.4 Å². The fraction of sp³-hybridized carbons (Fsp3) is 0.490. The van der Waals surface area contributed by atoms with Crippen LogP contribution < -0.4 is 24.4 Å². The molecule has 67 heavy (non-hydrogen) atoms. The lowest BCUT2D eigenvalue weighted by Gasteiger charge is -2.57. The zero-order valence-electron chi connectivity index (χ0n) is 38.1. The molecule has 4 fully saturated rings. The predicted octanol–water partition coefficient (Wildman–Crippen LogP) is 7.84. The molecule has 17 nitrogen and oxygen atoms in total. The van der Waals surface area contributed by atoms with Crippen molar-refractivity contribution in [1.29, 1.82) is 0 Å². The Kier molecular flexibility index (Phi) is 11.9. The summed E-state index contributed by atoms with van der Waals surface area (Å²) in [6.45, 7) is 10.4. The van der Waals surface area contributed by atoms with Gasteiger partial charge in [-0.15, -0.1) is 0 Å². The standard InChI is InChI=1S/C49H58N8O9S/c1-30(2)36-6-4-5-7-37(36)41-29-64-21-20-56(41)34-25-49(26-34)15-18-55(19-16-49)33-8-9-38(42(23-33)66-35-22-32-12-17-50-45(32)51-27-35)46(58)54-67(62,63)43-24-40(57(60)61)44-47(53-43)65-28-39(52-44)31-10-13-48(3,59)14-11-31/h4-9,12,17,22-24,27,30-31,34,39,41,52,59H,10-11,13-16,18-21,25-26,28-29H2,1-3H3,(H,50,51)(H,54,58)/t31?,39-,41+,48?/m1/s1. The van der Waals surface area contributed by atoms with E-state index >= 15 is 0 Å². The molecule has 6 heterocycles. The van der Waals surface area contributed by atoms with E-state index in [-0.39, 0.29) is 52.9 Å². The van der Waals surface area contributed by atoms with Crippen molar-refractivity contribution in [3.05, 3.63) is 99.9 Å². The number of aromatic nitrogens is 3. The molecule has 0 bridgehead atoms. The first-order valence-electron chi connectivity index (χ1n) is 23.4. The monoisotopic (exact) mass is 934 g/mol. The fourth-order valence-corrected chi connectivity index (χ4v) is 12.0. The number of carbonyl (C=O) groups excluding carboxylic acids is 1. The molecule has 3 aliphatic heterocycles. The normalized spacial score (nSPS) is 24.4. The number of nitrogens with one attached hydrogen (secondary N) is 3. The lowest BCUT2D eigenvalue weighted by atomic mass is 9.59. The van der Waals surface area contributed by atoms with Crippen LogP contribution in [0.4, 0.5) is 17.1 Å². The number of fused-ring (bicyclic) bond motifs is 2. The number of hydrogen-bond donors (Lipinski definition) is 4. The highest BCUT2D eigenvalue weighted by molar-refractivity contribution is 7.90. The van der Waals surface area contributed by atoms with Gasteiger partial charge in [-0.3, -0.25) is 19.8 Å². The Morgan fingerprint density at radius 3 is 2.57 bits per heavy atom. The van der Waals surface area contributed by atoms with Crippen molar-refractivity contribution in [2.45, 2.75) is 107 Å². The first-order chi connectivity index (χ1) is 32.1. The zero-order chi connectivity index (χ0) is 46.7. The lowest BCUT2D eigenvalue weighted by Crippen LogP contribution is -2.58. The van der Waals surface area contributed by atoms with Gasteiger partial charge in [0.15, 0.2) is 10.7 Å². The summed E-state index contributed by atoms with van der Waals surface area (Å²) >= 11 is 0. The van der Waals surface area contributed by atoms with Crippen LogP contribution in [0.2, 0.25) is 0 Å². The Labute approximate surface area is 389 Å². The summed E-state index contributed by atoms with van der Waals surface area (Å²) in [5.74, 6) is -0.307. The van der Waals surface area contributed by atoms with Gasteiger partial charge in [0.05, 0.1) is 53.6 Å². The number of amides is 1. The van der Waals surface area contributed by atoms with Crippen LogP contribution in [-0.4, -0.2) is 101 Å². The Morgan fingerprint density at radius 2 is 1.81 bits per heavy atom. The van der Waals surface area contributed by atoms with Crippen LogP contribution in [0, 0.1) is 21.4 Å². The predicted molar refractivity (Wildman–Crippen MR) is 251 cm³/mol. The molecule has 3 aromatic heterocycles. The number of hydrogen-bond acceptors (Lipinski definition) is 14. The maximum Gasteiger partial charge on any atom is 0.300 e. The second-order valence-electron chi connectivity index (χ2n) is 19.8. The van der Waals surface area contributed by atoms with Gasteiger partial charge in [0.2, 0.25) is 5.88 Å². The lowest BCUT2D eigenvalue weighted by molar-refractivity contribution is -0.384. The quantitative estimate of drug-likeness (QED) is 0.0734. The average molecular weight is 935 g/mol. The van der Waals surface area contributed by atoms with Crippen molar-refractivity contribution in [1.82, 2.24) is 24.6 Å². The zero-order valence-corrected chi connectivity index (χ0v) is 38.9. The number of ether oxygens (including phenoxy) is 3. The van der Waals surface area contributed by atoms with Crippen molar-refractivity contribution in [2.24, 2.45) is 11.3 Å². The van der Waals surface area contributed by atoms with Crippen molar-refractivity contribution < 1.29 is 37.5 Å². The number of sulfonamides is 1. The summed E-state index contributed by atoms with van der Waals surface area (Å²) in [5, 5.41) is 26.0. The highest BCUT2D eigenvalue weighted by atomic mass is 32.2. The highest BCUT2D eigenvalue weighted by Crippen LogP contribution is 2.53. The molecular formula is C49H58N8O9S. The van der Waals surface area contributed by atoms with Crippen molar-refractivity contribution in [3.63, 3.8) is 0 Å². The number of H-pyrrole nitrogens is 1. The molecule has 0 unspecified atom stereocenters. The number of piperidine rings is 1. The van der Waals surface area contributed by atoms with E-state index in [1.165, 1.54) is 23.4 Å². The molecule has 354 valence electrons. The van der Waals surface area contributed by atoms with Gasteiger partial charge in [-0.2, -0.15) is 13.4 Å². The van der Waals surface area contributed by atoms with Crippen LogP contribution in [0.15, 0.2) is 78.1 Å². The molecule has 10 rings (SSSR count). The third-order valence-corrected chi connectivity index (χ3v) is 16.2. The summed E-state index contributed by atoms with van der Waals surface area (Å²) in [6.07, 6.45) is 10.1. The number of pyridine rings is 2. The summed E-state index contributed by atoms with van der Waals surface area (Å²) in [4.78, 5) is 42.4. The number of carbonyl (C=O) groups is 1. The number of anilines is 2. The number of nitro groups is 1. The second kappa shape index (κ2) is 17.7. The maximum absolute atomic E-state index is 14.1. The fourth-order valence-electron chi connectivity index (χ4n) is 11.1. The van der Waals surface area contributed by atoms with E-state index in [0.717, 1.165) is 69.1 Å². The molecule has 2 atom stereocenters. The smallest absolute Gasteiger partial charge is 0.300 e. The Balaban J connectivity index is 0.856. The first kappa shape index (κ1) is 45.0. The van der Waals surface area contributed by atoms with Gasteiger partial charge in [-0.05, 0) is 111 Å². The van der Waals surface area contributed by atoms with E-state index in [4.69, 9.17) is 14.2 Å². The largest absolute Gasteiger partial charge is 0.474 e. The molecule has 4 N–H and O–H groups in total. The number of aliphatic hydroxyl groups is 1. The molecular weight excluding hydrogens is 877 g/mol. The van der Waals surface area contributed by atoms with E-state index in [1.54, 1.807) is 31.3 Å². The molecule has 18 heteroatoms. The first-order valence-corrected chi connectivity index (χ1v) is 24.9. The SMILES string of the molecule is CC(C)c1ccccc1[C@@H]1COCCN1C1CC2(CCN(c3ccc(C(=O)NS(=O)(=O)c4cc([N+](=O)[O-])c5c(n4)OC[C@H](C4CCC(C)(O)CC4)N5)c(Oc4cnc5[nH]ccc5c4)c3)CC2)C1. The molecule has 5 aliphatic rings. The van der Waals surface area contributed by atoms with Gasteiger partial charge in [0, 0.05) is 49.0 Å². The molecule has 5 aromatic rings. The summed E-state index contributed by atoms with van der Waals surface area (Å²) in [5.41, 5.74) is 3.06. The van der Waals surface area contributed by atoms with E-state index in [9.17, 15) is 28.4 Å². The van der Waals surface area contributed by atoms with Crippen LogP contribution in [-0.2, 0) is 14.8 Å². The summed E-state index contributed by atoms with van der Waals surface area (Å²) < 4.78 is 48.2. The molecule has 1 amide bonds. The molecule has 2 saturated carbocycles. The van der Waals surface area contributed by atoms with E-state index < -0.39 is 37.2 Å². The number of aromatic amines is 1. The number of rotatable bonds is 11. The Bertz CT molecular complexity index is 2790. The topological polar surface area (TPSA) is 214 Å². The highest BCUT2D eigenvalue weighted by Gasteiger charge is 2.50. The third kappa shape index (κ3) is 9.03. The average Bonchev–Trinajstić information content (AvgIpc) is 3.78. The molecule has 1 spiro atoms. The summed E-state index contributed by atoms with van der Waals surface area (Å²) in [7, 11) is -4.78. The Morgan fingerprint density at radius 1 is 1.03 bits per heavy atom. The van der Waals surface area contributed by atoms with Crippen LogP contribution in [0.1, 0.15) is 106 Å². The number of morpholine rings is 1. The van der Waals surface area contributed by atoms with E-state index in [0.29, 0.717) is 55.6 Å². The minimum absolute atomic E-state index is 0.0297. The van der Waals surface area contributed by atoms with Crippen molar-refractivity contribution in [2.75, 3.05) is 49.7 Å². The number of benzene rings is 2. The number of nitrogens with zero attached hydrogens (tertiary/aromatic N) is 5. The third-order valence-electron chi connectivity index (χ3n) is 15.0. The molecule has 2 saturated heterocycles. The van der Waals surface area contributed by atoms with Crippen molar-refractivity contribution >= 4 is 44.0 Å². The van der Waals surface area contributed by atoms with Crippen LogP contribution in [0.3, 0.4) is 0 Å². The minimum atomic E-state index is -4.78. The van der Waals surface area contributed by atoms with Gasteiger partial charge in [-0.25, -0.2) is 9.71 Å². The van der Waals surface area contributed by atoms with Gasteiger partial charge >= 0.3 is 5.69 Å². The van der Waals surface area contributed by atoms with Gasteiger partial charge in [-0.1, -0.05) is 38.1 Å².